The van der Waals surface area contributed by atoms with Gasteiger partial charge in [-0.05, 0) is 13.3 Å². The topological polar surface area (TPSA) is 55.8 Å². The first-order valence-electron chi connectivity index (χ1n) is 4.07. The van der Waals surface area contributed by atoms with Gasteiger partial charge in [0, 0.05) is 26.2 Å². The molecule has 4 nitrogen and oxygen atoms in total. The fourth-order valence-electron chi connectivity index (χ4n) is 0.855. The van der Waals surface area contributed by atoms with Crippen LogP contribution in [-0.2, 0) is 14.3 Å². The molecule has 0 aromatic heterocycles. The molecule has 0 aliphatic rings. The molecule has 13 heavy (non-hydrogen) atoms. The zero-order valence-electron chi connectivity index (χ0n) is 8.24. The molecule has 0 unspecified atom stereocenters. The lowest BCUT2D eigenvalue weighted by atomic mass is 10.2. The van der Waals surface area contributed by atoms with E-state index in [4.69, 9.17) is 14.6 Å². The summed E-state index contributed by atoms with van der Waals surface area (Å²) < 4.78 is 9.89. The number of rotatable bonds is 6. The van der Waals surface area contributed by atoms with Crippen molar-refractivity contribution in [1.82, 2.24) is 0 Å². The minimum absolute atomic E-state index is 0.252. The molecular weight excluding hydrogens is 172 g/mol. The van der Waals surface area contributed by atoms with Crippen molar-refractivity contribution in [3.05, 3.63) is 11.6 Å². The van der Waals surface area contributed by atoms with Crippen LogP contribution < -0.4 is 0 Å². The van der Waals surface area contributed by atoms with Gasteiger partial charge >= 0.3 is 5.97 Å². The fraction of sp³-hybridized carbons (Fsp3) is 0.667. The van der Waals surface area contributed by atoms with Crippen LogP contribution >= 0.6 is 0 Å². The van der Waals surface area contributed by atoms with Crippen molar-refractivity contribution in [2.24, 2.45) is 0 Å². The first-order chi connectivity index (χ1) is 6.11. The predicted molar refractivity (Wildman–Crippen MR) is 48.4 cm³/mol. The van der Waals surface area contributed by atoms with E-state index in [2.05, 4.69) is 0 Å². The smallest absolute Gasteiger partial charge is 0.330 e. The standard InChI is InChI=1S/C9H16O4/c1-7(9(10)11)5-4-6-8(12-2)13-3/h5,8H,4,6H2,1-3H3,(H,10,11). The van der Waals surface area contributed by atoms with Crippen molar-refractivity contribution in [3.8, 4) is 0 Å². The number of methoxy groups -OCH3 is 2. The number of hydrogen-bond acceptors (Lipinski definition) is 3. The van der Waals surface area contributed by atoms with Crippen LogP contribution in [0, 0.1) is 0 Å². The molecule has 0 rings (SSSR count). The second-order valence-electron chi connectivity index (χ2n) is 2.67. The van der Waals surface area contributed by atoms with Gasteiger partial charge in [0.2, 0.25) is 0 Å². The lowest BCUT2D eigenvalue weighted by Crippen LogP contribution is -2.12. The molecule has 1 N–H and O–H groups in total. The van der Waals surface area contributed by atoms with Crippen LogP contribution in [0.3, 0.4) is 0 Å². The van der Waals surface area contributed by atoms with Gasteiger partial charge < -0.3 is 14.6 Å². The number of carboxylic acid groups (broad SMARTS) is 1. The maximum atomic E-state index is 10.4. The van der Waals surface area contributed by atoms with E-state index in [1.807, 2.05) is 0 Å². The fourth-order valence-corrected chi connectivity index (χ4v) is 0.855. The third-order valence-electron chi connectivity index (χ3n) is 1.72. The largest absolute Gasteiger partial charge is 0.478 e. The minimum Gasteiger partial charge on any atom is -0.478 e. The van der Waals surface area contributed by atoms with Crippen molar-refractivity contribution in [2.75, 3.05) is 14.2 Å². The van der Waals surface area contributed by atoms with Crippen LogP contribution in [0.25, 0.3) is 0 Å². The molecule has 0 atom stereocenters. The molecule has 0 aromatic carbocycles. The van der Waals surface area contributed by atoms with Gasteiger partial charge in [-0.3, -0.25) is 0 Å². The molecule has 0 aliphatic heterocycles. The highest BCUT2D eigenvalue weighted by Gasteiger charge is 2.04. The lowest BCUT2D eigenvalue weighted by molar-refractivity contribution is -0.132. The van der Waals surface area contributed by atoms with Gasteiger partial charge in [0.05, 0.1) is 0 Å². The van der Waals surface area contributed by atoms with Crippen molar-refractivity contribution in [1.29, 1.82) is 0 Å². The molecule has 0 spiro atoms. The van der Waals surface area contributed by atoms with Gasteiger partial charge in [-0.15, -0.1) is 0 Å². The van der Waals surface area contributed by atoms with Crippen LogP contribution in [0.2, 0.25) is 0 Å². The second-order valence-corrected chi connectivity index (χ2v) is 2.67. The van der Waals surface area contributed by atoms with Gasteiger partial charge in [0.1, 0.15) is 0 Å². The molecule has 0 radical (unpaired) electrons. The molecule has 76 valence electrons. The summed E-state index contributed by atoms with van der Waals surface area (Å²) in [5.41, 5.74) is 0.353. The van der Waals surface area contributed by atoms with E-state index < -0.39 is 5.97 Å². The maximum absolute atomic E-state index is 10.4. The number of allylic oxidation sites excluding steroid dienone is 1. The van der Waals surface area contributed by atoms with E-state index >= 15 is 0 Å². The van der Waals surface area contributed by atoms with Crippen molar-refractivity contribution >= 4 is 5.97 Å². The molecule has 0 amide bonds. The Bertz CT molecular complexity index is 182. The van der Waals surface area contributed by atoms with E-state index in [9.17, 15) is 4.79 Å². The average Bonchev–Trinajstić information content (AvgIpc) is 2.12. The molecule has 0 heterocycles. The minimum atomic E-state index is -0.883. The molecule has 0 aliphatic carbocycles. The van der Waals surface area contributed by atoms with Crippen LogP contribution in [0.5, 0.6) is 0 Å². The van der Waals surface area contributed by atoms with Gasteiger partial charge in [-0.1, -0.05) is 6.08 Å². The van der Waals surface area contributed by atoms with Crippen molar-refractivity contribution in [2.45, 2.75) is 26.1 Å². The van der Waals surface area contributed by atoms with Crippen LogP contribution in [-0.4, -0.2) is 31.6 Å². The summed E-state index contributed by atoms with van der Waals surface area (Å²) in [5, 5.41) is 8.53. The highest BCUT2D eigenvalue weighted by molar-refractivity contribution is 5.85. The van der Waals surface area contributed by atoms with Crippen LogP contribution in [0.1, 0.15) is 19.8 Å². The number of hydrogen-bond donors (Lipinski definition) is 1. The van der Waals surface area contributed by atoms with E-state index in [0.29, 0.717) is 18.4 Å². The summed E-state index contributed by atoms with van der Waals surface area (Å²) in [5.74, 6) is -0.883. The Kier molecular flexibility index (Phi) is 6.18. The Morgan fingerprint density at radius 2 is 2.00 bits per heavy atom. The van der Waals surface area contributed by atoms with Crippen LogP contribution in [0.4, 0.5) is 0 Å². The molecule has 0 saturated heterocycles. The van der Waals surface area contributed by atoms with Crippen molar-refractivity contribution < 1.29 is 19.4 Å². The van der Waals surface area contributed by atoms with Crippen molar-refractivity contribution in [3.63, 3.8) is 0 Å². The molecular formula is C9H16O4. The SMILES string of the molecule is COC(CCC=C(C)C(=O)O)OC. The third-order valence-corrected chi connectivity index (χ3v) is 1.72. The summed E-state index contributed by atoms with van der Waals surface area (Å²) in [7, 11) is 3.11. The van der Waals surface area contributed by atoms with Crippen LogP contribution in [0.15, 0.2) is 11.6 Å². The second kappa shape index (κ2) is 6.62. The predicted octanol–water partition coefficient (Wildman–Crippen LogP) is 1.42. The van der Waals surface area contributed by atoms with Gasteiger partial charge in [0.25, 0.3) is 0 Å². The Labute approximate surface area is 78.2 Å². The molecule has 0 bridgehead atoms. The van der Waals surface area contributed by atoms with E-state index in [1.54, 1.807) is 27.2 Å². The summed E-state index contributed by atoms with van der Waals surface area (Å²) in [6.07, 6.45) is 2.72. The van der Waals surface area contributed by atoms with E-state index in [-0.39, 0.29) is 6.29 Å². The first-order valence-corrected chi connectivity index (χ1v) is 4.07. The highest BCUT2D eigenvalue weighted by Crippen LogP contribution is 2.05. The Balaban J connectivity index is 3.76. The summed E-state index contributed by atoms with van der Waals surface area (Å²) in [6.45, 7) is 1.57. The third kappa shape index (κ3) is 5.38. The number of carbonyl (C=O) groups is 1. The normalized spacial score (nSPS) is 12.2. The molecule has 0 fully saturated rings. The lowest BCUT2D eigenvalue weighted by Gasteiger charge is -2.11. The monoisotopic (exact) mass is 188 g/mol. The zero-order chi connectivity index (χ0) is 10.3. The Morgan fingerprint density at radius 1 is 1.46 bits per heavy atom. The number of carboxylic acids is 1. The first kappa shape index (κ1) is 12.1. The summed E-state index contributed by atoms with van der Waals surface area (Å²) >= 11 is 0. The zero-order valence-corrected chi connectivity index (χ0v) is 8.24. The summed E-state index contributed by atoms with van der Waals surface area (Å²) in [4.78, 5) is 10.4. The summed E-state index contributed by atoms with van der Waals surface area (Å²) in [6, 6.07) is 0. The van der Waals surface area contributed by atoms with E-state index in [0.717, 1.165) is 0 Å². The van der Waals surface area contributed by atoms with Gasteiger partial charge in [-0.25, -0.2) is 4.79 Å². The Morgan fingerprint density at radius 3 is 2.38 bits per heavy atom. The molecule has 0 aromatic rings. The highest BCUT2D eigenvalue weighted by atomic mass is 16.7. The van der Waals surface area contributed by atoms with E-state index in [1.165, 1.54) is 0 Å². The molecule has 0 saturated carbocycles. The number of ether oxygens (including phenoxy) is 2. The Hall–Kier alpha value is -0.870. The molecule has 4 heteroatoms. The average molecular weight is 188 g/mol. The quantitative estimate of drug-likeness (QED) is 0.506. The van der Waals surface area contributed by atoms with Gasteiger partial charge in [0.15, 0.2) is 6.29 Å². The number of aliphatic carboxylic acids is 1. The maximum Gasteiger partial charge on any atom is 0.330 e. The van der Waals surface area contributed by atoms with Gasteiger partial charge in [-0.2, -0.15) is 0 Å².